The van der Waals surface area contributed by atoms with E-state index in [1.165, 1.54) is 0 Å². The fraction of sp³-hybridized carbons (Fsp3) is 0.650. The lowest BCUT2D eigenvalue weighted by atomic mass is 9.79. The van der Waals surface area contributed by atoms with Crippen LogP contribution in [0.2, 0.25) is 0 Å². The van der Waals surface area contributed by atoms with E-state index in [1.54, 1.807) is 7.11 Å². The Morgan fingerprint density at radius 3 is 2.88 bits per heavy atom. The van der Waals surface area contributed by atoms with Crippen LogP contribution in [0, 0.1) is 6.92 Å². The van der Waals surface area contributed by atoms with Crippen LogP contribution >= 0.6 is 0 Å². The molecule has 1 aromatic rings. The Kier molecular flexibility index (Phi) is 6.16. The molecule has 3 atom stereocenters. The van der Waals surface area contributed by atoms with E-state index in [1.807, 2.05) is 36.1 Å². The van der Waals surface area contributed by atoms with Crippen molar-refractivity contribution in [2.45, 2.75) is 50.4 Å². The molecule has 1 saturated carbocycles. The number of aryl methyl sites for hydroxylation is 1. The van der Waals surface area contributed by atoms with Crippen molar-refractivity contribution in [3.8, 4) is 5.75 Å². The third kappa shape index (κ3) is 3.87. The summed E-state index contributed by atoms with van der Waals surface area (Å²) >= 11 is 0. The van der Waals surface area contributed by atoms with Crippen molar-refractivity contribution in [1.29, 1.82) is 0 Å². The Bertz CT molecular complexity index is 622. The average molecular weight is 363 g/mol. The molecule has 1 heterocycles. The second-order valence-electron chi connectivity index (χ2n) is 7.17. The van der Waals surface area contributed by atoms with Gasteiger partial charge in [-0.15, -0.1) is 0 Å². The molecule has 144 valence electrons. The number of carbonyl (C=O) groups excluding carboxylic acids is 1. The number of aliphatic hydroxyl groups is 1. The molecule has 1 aromatic carbocycles. The van der Waals surface area contributed by atoms with E-state index < -0.39 is 0 Å². The second-order valence-corrected chi connectivity index (χ2v) is 7.17. The van der Waals surface area contributed by atoms with Crippen molar-refractivity contribution in [3.63, 3.8) is 0 Å². The zero-order valence-electron chi connectivity index (χ0n) is 15.6. The van der Waals surface area contributed by atoms with E-state index in [-0.39, 0.29) is 36.9 Å². The standard InChI is InChI=1S/C20H29NO5/c1-15-5-3-4-6-17(15)26-14-19(23)21-10-9-20(24-2)8-7-16(13-18(20)21)25-12-11-22/h3-6,16,18,22H,7-14H2,1-2H3/t16-,18-,20+/m0/s1. The number of fused-ring (bicyclic) bond motifs is 1. The number of nitrogens with zero attached hydrogens (tertiary/aromatic N) is 1. The number of para-hydroxylation sites is 1. The lowest BCUT2D eigenvalue weighted by Crippen LogP contribution is -2.54. The minimum absolute atomic E-state index is 0.00193. The van der Waals surface area contributed by atoms with Crippen LogP contribution in [0.4, 0.5) is 0 Å². The molecule has 1 saturated heterocycles. The summed E-state index contributed by atoms with van der Waals surface area (Å²) in [4.78, 5) is 14.7. The third-order valence-corrected chi connectivity index (χ3v) is 5.75. The van der Waals surface area contributed by atoms with Gasteiger partial charge in [0, 0.05) is 13.7 Å². The fourth-order valence-electron chi connectivity index (χ4n) is 4.27. The summed E-state index contributed by atoms with van der Waals surface area (Å²) in [6.45, 7) is 3.03. The third-order valence-electron chi connectivity index (χ3n) is 5.75. The van der Waals surface area contributed by atoms with Crippen molar-refractivity contribution >= 4 is 5.91 Å². The lowest BCUT2D eigenvalue weighted by Gasteiger charge is -2.43. The van der Waals surface area contributed by atoms with Crippen LogP contribution < -0.4 is 4.74 Å². The molecule has 0 radical (unpaired) electrons. The van der Waals surface area contributed by atoms with Crippen LogP contribution in [0.15, 0.2) is 24.3 Å². The number of rotatable bonds is 7. The summed E-state index contributed by atoms with van der Waals surface area (Å²) < 4.78 is 17.4. The molecule has 0 spiro atoms. The number of methoxy groups -OCH3 is 1. The van der Waals surface area contributed by atoms with Gasteiger partial charge in [-0.3, -0.25) is 4.79 Å². The van der Waals surface area contributed by atoms with Gasteiger partial charge in [-0.25, -0.2) is 0 Å². The molecular weight excluding hydrogens is 334 g/mol. The maximum Gasteiger partial charge on any atom is 0.260 e. The Balaban J connectivity index is 1.64. The number of aliphatic hydroxyl groups excluding tert-OH is 1. The van der Waals surface area contributed by atoms with Gasteiger partial charge in [-0.05, 0) is 44.2 Å². The SMILES string of the molecule is CO[C@@]12CC[C@H](OCCO)C[C@@H]1N(C(=O)COc1ccccc1C)CC2. The molecule has 26 heavy (non-hydrogen) atoms. The normalized spacial score (nSPS) is 28.0. The molecule has 1 aliphatic heterocycles. The van der Waals surface area contributed by atoms with Crippen LogP contribution in [0.3, 0.4) is 0 Å². The quantitative estimate of drug-likeness (QED) is 0.802. The number of hydrogen-bond donors (Lipinski definition) is 1. The Hall–Kier alpha value is -1.63. The smallest absolute Gasteiger partial charge is 0.260 e. The van der Waals surface area contributed by atoms with Gasteiger partial charge in [0.1, 0.15) is 5.75 Å². The zero-order valence-corrected chi connectivity index (χ0v) is 15.6. The Labute approximate surface area is 155 Å². The van der Waals surface area contributed by atoms with Gasteiger partial charge < -0.3 is 24.2 Å². The van der Waals surface area contributed by atoms with Crippen molar-refractivity contribution in [2.24, 2.45) is 0 Å². The van der Waals surface area contributed by atoms with Gasteiger partial charge in [0.15, 0.2) is 6.61 Å². The van der Waals surface area contributed by atoms with Crippen LogP contribution in [-0.4, -0.2) is 67.1 Å². The summed E-state index contributed by atoms with van der Waals surface area (Å²) in [7, 11) is 1.74. The Morgan fingerprint density at radius 1 is 1.35 bits per heavy atom. The maximum absolute atomic E-state index is 12.8. The number of ether oxygens (including phenoxy) is 3. The lowest BCUT2D eigenvalue weighted by molar-refractivity contribution is -0.144. The van der Waals surface area contributed by atoms with Gasteiger partial charge in [-0.2, -0.15) is 0 Å². The first kappa shape index (κ1) is 19.1. The van der Waals surface area contributed by atoms with E-state index >= 15 is 0 Å². The number of carbonyl (C=O) groups is 1. The molecule has 1 aliphatic carbocycles. The number of benzene rings is 1. The molecule has 1 amide bonds. The molecule has 2 fully saturated rings. The second kappa shape index (κ2) is 8.37. The van der Waals surface area contributed by atoms with E-state index in [2.05, 4.69) is 0 Å². The number of hydrogen-bond acceptors (Lipinski definition) is 5. The predicted molar refractivity (Wildman–Crippen MR) is 97.2 cm³/mol. The molecule has 6 heteroatoms. The first-order valence-corrected chi connectivity index (χ1v) is 9.35. The van der Waals surface area contributed by atoms with Crippen molar-refractivity contribution in [1.82, 2.24) is 4.90 Å². The van der Waals surface area contributed by atoms with E-state index in [4.69, 9.17) is 19.3 Å². The summed E-state index contributed by atoms with van der Waals surface area (Å²) in [6, 6.07) is 7.70. The predicted octanol–water partition coefficient (Wildman–Crippen LogP) is 1.92. The zero-order chi connectivity index (χ0) is 18.6. The van der Waals surface area contributed by atoms with Crippen molar-refractivity contribution in [2.75, 3.05) is 33.5 Å². The molecule has 2 aliphatic rings. The monoisotopic (exact) mass is 363 g/mol. The van der Waals surface area contributed by atoms with Crippen LogP contribution in [0.5, 0.6) is 5.75 Å². The first-order valence-electron chi connectivity index (χ1n) is 9.35. The van der Waals surface area contributed by atoms with Crippen molar-refractivity contribution < 1.29 is 24.1 Å². The molecule has 3 rings (SSSR count). The summed E-state index contributed by atoms with van der Waals surface area (Å²) in [5.41, 5.74) is 0.736. The van der Waals surface area contributed by atoms with Gasteiger partial charge in [-0.1, -0.05) is 18.2 Å². The van der Waals surface area contributed by atoms with Gasteiger partial charge in [0.2, 0.25) is 0 Å². The summed E-state index contributed by atoms with van der Waals surface area (Å²) in [5, 5.41) is 8.99. The van der Waals surface area contributed by atoms with E-state index in [0.29, 0.717) is 13.2 Å². The first-order chi connectivity index (χ1) is 12.6. The largest absolute Gasteiger partial charge is 0.484 e. The highest BCUT2D eigenvalue weighted by Gasteiger charge is 2.52. The number of likely N-dealkylation sites (tertiary alicyclic amines) is 1. The molecule has 6 nitrogen and oxygen atoms in total. The Morgan fingerprint density at radius 2 is 2.15 bits per heavy atom. The highest BCUT2D eigenvalue weighted by atomic mass is 16.5. The highest BCUT2D eigenvalue weighted by Crippen LogP contribution is 2.43. The van der Waals surface area contributed by atoms with E-state index in [0.717, 1.165) is 37.0 Å². The molecular formula is C20H29NO5. The van der Waals surface area contributed by atoms with Crippen LogP contribution in [0.1, 0.15) is 31.2 Å². The van der Waals surface area contributed by atoms with Crippen molar-refractivity contribution in [3.05, 3.63) is 29.8 Å². The minimum atomic E-state index is -0.280. The molecule has 0 unspecified atom stereocenters. The van der Waals surface area contributed by atoms with E-state index in [9.17, 15) is 4.79 Å². The van der Waals surface area contributed by atoms with Gasteiger partial charge in [0.25, 0.3) is 5.91 Å². The van der Waals surface area contributed by atoms with Crippen LogP contribution in [0.25, 0.3) is 0 Å². The highest BCUT2D eigenvalue weighted by molar-refractivity contribution is 5.78. The topological polar surface area (TPSA) is 68.2 Å². The van der Waals surface area contributed by atoms with Crippen LogP contribution in [-0.2, 0) is 14.3 Å². The average Bonchev–Trinajstić information content (AvgIpc) is 3.05. The van der Waals surface area contributed by atoms with Gasteiger partial charge >= 0.3 is 0 Å². The number of amides is 1. The fourth-order valence-corrected chi connectivity index (χ4v) is 4.27. The molecule has 0 aromatic heterocycles. The van der Waals surface area contributed by atoms with Gasteiger partial charge in [0.05, 0.1) is 31.0 Å². The molecule has 0 bridgehead atoms. The summed E-state index contributed by atoms with van der Waals surface area (Å²) in [5.74, 6) is 0.728. The summed E-state index contributed by atoms with van der Waals surface area (Å²) in [6.07, 6.45) is 3.40. The maximum atomic E-state index is 12.8. The minimum Gasteiger partial charge on any atom is -0.484 e. The molecule has 1 N–H and O–H groups in total.